The van der Waals surface area contributed by atoms with Crippen molar-refractivity contribution in [3.05, 3.63) is 82.9 Å². The van der Waals surface area contributed by atoms with E-state index in [0.717, 1.165) is 90.2 Å². The molecule has 2 aliphatic heterocycles. The van der Waals surface area contributed by atoms with Gasteiger partial charge in [-0.05, 0) is 47.5 Å². The smallest absolute Gasteiger partial charge is 0.331 e. The maximum absolute atomic E-state index is 12.6. The molecule has 5 rings (SSSR count). The summed E-state index contributed by atoms with van der Waals surface area (Å²) in [4.78, 5) is 25.2. The Labute approximate surface area is 349 Å². The molecule has 0 aliphatic carbocycles. The molecule has 1 saturated heterocycles. The Bertz CT molecular complexity index is 1800. The fourth-order valence-electron chi connectivity index (χ4n) is 8.19. The van der Waals surface area contributed by atoms with Crippen LogP contribution in [0.1, 0.15) is 41.1 Å². The second-order valence-electron chi connectivity index (χ2n) is 15.0. The third-order valence-corrected chi connectivity index (χ3v) is 11.2. The van der Waals surface area contributed by atoms with Gasteiger partial charge in [-0.3, -0.25) is 0 Å². The maximum atomic E-state index is 12.6. The number of rotatable bonds is 18. The number of likely N-dealkylation sites (N-methyl/N-ethyl adjacent to an activating group) is 1. The lowest BCUT2D eigenvalue weighted by Gasteiger charge is -2.46. The van der Waals surface area contributed by atoms with Crippen LogP contribution < -0.4 is 53.2 Å². The highest BCUT2D eigenvalue weighted by molar-refractivity contribution is 5.91. The number of benzene rings is 3. The first kappa shape index (κ1) is 47.0. The molecule has 4 unspecified atom stereocenters. The van der Waals surface area contributed by atoms with Crippen molar-refractivity contribution in [3.63, 3.8) is 0 Å². The number of likely N-dealkylation sites (tertiary alicyclic amines) is 1. The average molecular weight is 834 g/mol. The van der Waals surface area contributed by atoms with E-state index >= 15 is 0 Å². The summed E-state index contributed by atoms with van der Waals surface area (Å²) in [7, 11) is 14.3. The molecule has 14 heteroatoms. The lowest BCUT2D eigenvalue weighted by Crippen LogP contribution is -3.00. The quantitative estimate of drug-likeness (QED) is 0.0737. The number of esters is 2. The van der Waals surface area contributed by atoms with Crippen molar-refractivity contribution in [1.29, 1.82) is 0 Å². The molecule has 0 N–H and O–H groups in total. The number of hydrogen-bond donors (Lipinski definition) is 0. The number of nitrogens with zero attached hydrogens (tertiary/aromatic N) is 2. The molecule has 3 aromatic carbocycles. The van der Waals surface area contributed by atoms with Crippen LogP contribution in [0.4, 0.5) is 0 Å². The molecule has 4 atom stereocenters. The fourth-order valence-corrected chi connectivity index (χ4v) is 8.19. The highest BCUT2D eigenvalue weighted by atomic mass is 35.5. The van der Waals surface area contributed by atoms with E-state index in [4.69, 9.17) is 37.9 Å². The van der Waals surface area contributed by atoms with Gasteiger partial charge in [0.2, 0.25) is 5.75 Å². The van der Waals surface area contributed by atoms with Gasteiger partial charge in [0.1, 0.15) is 24.9 Å². The van der Waals surface area contributed by atoms with Crippen molar-refractivity contribution in [1.82, 2.24) is 0 Å². The molecular formula is C43H58Cl2N2O10. The van der Waals surface area contributed by atoms with Gasteiger partial charge in [0, 0.05) is 54.9 Å². The van der Waals surface area contributed by atoms with Gasteiger partial charge >= 0.3 is 11.9 Å². The van der Waals surface area contributed by atoms with E-state index < -0.39 is 11.9 Å². The summed E-state index contributed by atoms with van der Waals surface area (Å²) < 4.78 is 45.9. The van der Waals surface area contributed by atoms with Crippen LogP contribution in [-0.4, -0.2) is 117 Å². The van der Waals surface area contributed by atoms with Crippen LogP contribution >= 0.6 is 0 Å². The Morgan fingerprint density at radius 3 is 1.93 bits per heavy atom. The predicted molar refractivity (Wildman–Crippen MR) is 208 cm³/mol. The number of methoxy groups -OCH3 is 6. The Balaban J connectivity index is 0.00000435. The van der Waals surface area contributed by atoms with Gasteiger partial charge in [0.15, 0.2) is 23.0 Å². The van der Waals surface area contributed by atoms with Crippen molar-refractivity contribution < 1.29 is 81.3 Å². The minimum Gasteiger partial charge on any atom is -1.00 e. The molecule has 3 aromatic rings. The monoisotopic (exact) mass is 832 g/mol. The second kappa shape index (κ2) is 21.4. The third-order valence-electron chi connectivity index (χ3n) is 11.2. The highest BCUT2D eigenvalue weighted by Crippen LogP contribution is 2.43. The summed E-state index contributed by atoms with van der Waals surface area (Å²) in [6, 6.07) is 16.5. The zero-order valence-corrected chi connectivity index (χ0v) is 36.0. The average Bonchev–Trinajstić information content (AvgIpc) is 3.58. The topological polar surface area (TPSA) is 108 Å². The molecule has 12 nitrogen and oxygen atoms in total. The minimum absolute atomic E-state index is 0. The van der Waals surface area contributed by atoms with Crippen LogP contribution in [-0.2, 0) is 38.4 Å². The van der Waals surface area contributed by atoms with Gasteiger partial charge in [0.25, 0.3) is 0 Å². The van der Waals surface area contributed by atoms with E-state index in [2.05, 4.69) is 38.4 Å². The standard InChI is InChI=1S/C43H58N2O10.2ClH/c1-44(28-32-23-39(51-6)43(53-8)40(24-32)52-7)19-16-31(27-44)29-55-42(47)15-14-41(46)54-21-9-18-45(2)20-17-33-25-37(49-4)38(50-5)26-35(33)36(45)22-30-10-12-34(48-3)13-11-30;;/h10-15,23-26,31,36H,9,16-22,27-29H2,1-8H3;2*1H/q+2;;/p-2. The first-order chi connectivity index (χ1) is 26.5. The summed E-state index contributed by atoms with van der Waals surface area (Å²) in [6.45, 7) is 4.81. The summed E-state index contributed by atoms with van der Waals surface area (Å²) in [6.07, 6.45) is 5.61. The zero-order valence-electron chi connectivity index (χ0n) is 34.4. The normalized spacial score (nSPS) is 21.0. The van der Waals surface area contributed by atoms with Crippen LogP contribution in [0.5, 0.6) is 34.5 Å². The molecule has 314 valence electrons. The van der Waals surface area contributed by atoms with Crippen molar-refractivity contribution in [3.8, 4) is 34.5 Å². The van der Waals surface area contributed by atoms with Crippen molar-refractivity contribution >= 4 is 11.9 Å². The molecule has 0 spiro atoms. The molecule has 57 heavy (non-hydrogen) atoms. The first-order valence-electron chi connectivity index (χ1n) is 18.8. The maximum Gasteiger partial charge on any atom is 0.331 e. The van der Waals surface area contributed by atoms with Crippen molar-refractivity contribution in [2.45, 2.75) is 38.3 Å². The molecular weight excluding hydrogens is 775 g/mol. The van der Waals surface area contributed by atoms with Gasteiger partial charge in [-0.25, -0.2) is 9.59 Å². The molecule has 0 saturated carbocycles. The number of hydrogen-bond acceptors (Lipinski definition) is 10. The van der Waals surface area contributed by atoms with Gasteiger partial charge < -0.3 is 71.7 Å². The molecule has 2 heterocycles. The van der Waals surface area contributed by atoms with Crippen LogP contribution in [0.2, 0.25) is 0 Å². The van der Waals surface area contributed by atoms with Gasteiger partial charge in [-0.15, -0.1) is 0 Å². The molecule has 1 fully saturated rings. The predicted octanol–water partition coefficient (Wildman–Crippen LogP) is -0.268. The number of halogens is 2. The Hall–Kier alpha value is -4.36. The van der Waals surface area contributed by atoms with Crippen molar-refractivity contribution in [2.75, 3.05) is 96.1 Å². The van der Waals surface area contributed by atoms with Crippen LogP contribution in [0.3, 0.4) is 0 Å². The summed E-state index contributed by atoms with van der Waals surface area (Å²) in [5.41, 5.74) is 4.77. The highest BCUT2D eigenvalue weighted by Gasteiger charge is 2.40. The summed E-state index contributed by atoms with van der Waals surface area (Å²) in [5.74, 6) is 3.17. The van der Waals surface area contributed by atoms with Gasteiger partial charge in [-0.2, -0.15) is 0 Å². The fraction of sp³-hybridized carbons (Fsp3) is 0.488. The third kappa shape index (κ3) is 11.8. The van der Waals surface area contributed by atoms with Gasteiger partial charge in [0.05, 0.1) is 89.5 Å². The Kier molecular flexibility index (Phi) is 17.7. The molecule has 0 radical (unpaired) electrons. The van der Waals surface area contributed by atoms with E-state index in [1.54, 1.807) is 42.7 Å². The number of quaternary nitrogens is 2. The molecule has 0 aromatic heterocycles. The first-order valence-corrected chi connectivity index (χ1v) is 18.8. The lowest BCUT2D eigenvalue weighted by molar-refractivity contribution is -0.941. The number of fused-ring (bicyclic) bond motifs is 1. The Morgan fingerprint density at radius 1 is 0.719 bits per heavy atom. The second-order valence-corrected chi connectivity index (χ2v) is 15.0. The van der Waals surface area contributed by atoms with Crippen molar-refractivity contribution in [2.24, 2.45) is 5.92 Å². The van der Waals surface area contributed by atoms with E-state index in [1.165, 1.54) is 16.7 Å². The van der Waals surface area contributed by atoms with Crippen LogP contribution in [0.25, 0.3) is 0 Å². The zero-order chi connectivity index (χ0) is 39.6. The molecule has 0 bridgehead atoms. The van der Waals surface area contributed by atoms with Crippen LogP contribution in [0, 0.1) is 5.92 Å². The Morgan fingerprint density at radius 2 is 1.33 bits per heavy atom. The summed E-state index contributed by atoms with van der Waals surface area (Å²) in [5, 5.41) is 0. The number of ether oxygens (including phenoxy) is 8. The van der Waals surface area contributed by atoms with Gasteiger partial charge in [-0.1, -0.05) is 12.1 Å². The van der Waals surface area contributed by atoms with E-state index in [0.29, 0.717) is 29.4 Å². The molecule has 2 aliphatic rings. The van der Waals surface area contributed by atoms with E-state index in [-0.39, 0.29) is 50.0 Å². The molecule has 0 amide bonds. The van der Waals surface area contributed by atoms with E-state index in [1.807, 2.05) is 24.3 Å². The SMILES string of the molecule is COc1ccc(CC2c3cc(OC)c(OC)cc3CC[N+]2(C)CCCOC(=O)C=CC(=O)OCC2CC[N+](C)(Cc3cc(OC)c(OC)c(OC)c3)C2)cc1.[Cl-].[Cl-]. The number of carbonyl (C=O) groups is 2. The summed E-state index contributed by atoms with van der Waals surface area (Å²) >= 11 is 0. The number of carbonyl (C=O) groups excluding carboxylic acids is 2. The minimum atomic E-state index is -0.564. The van der Waals surface area contributed by atoms with Crippen LogP contribution in [0.15, 0.2) is 60.7 Å². The largest absolute Gasteiger partial charge is 1.00 e. The van der Waals surface area contributed by atoms with E-state index in [9.17, 15) is 9.59 Å². The lowest BCUT2D eigenvalue weighted by atomic mass is 9.86.